The Morgan fingerprint density at radius 2 is 1.70 bits per heavy atom. The van der Waals surface area contributed by atoms with Crippen LogP contribution in [0.2, 0.25) is 0 Å². The van der Waals surface area contributed by atoms with E-state index >= 15 is 0 Å². The highest BCUT2D eigenvalue weighted by atomic mass is 16.6. The summed E-state index contributed by atoms with van der Waals surface area (Å²) in [6, 6.07) is 20.3. The molecule has 4 aromatic rings. The van der Waals surface area contributed by atoms with Gasteiger partial charge in [0.1, 0.15) is 13.2 Å². The van der Waals surface area contributed by atoms with E-state index in [0.29, 0.717) is 44.8 Å². The van der Waals surface area contributed by atoms with Gasteiger partial charge in [0.2, 0.25) is 11.8 Å². The maximum absolute atomic E-state index is 10.9. The van der Waals surface area contributed by atoms with E-state index in [2.05, 4.69) is 32.2 Å². The molecule has 9 nitrogen and oxygen atoms in total. The maximum Gasteiger partial charge on any atom is 0.320 e. The molecule has 0 bridgehead atoms. The van der Waals surface area contributed by atoms with Gasteiger partial charge in [0.05, 0.1) is 0 Å². The number of amides is 1. The summed E-state index contributed by atoms with van der Waals surface area (Å²) in [6.07, 6.45) is 0. The lowest BCUT2D eigenvalue weighted by Gasteiger charge is -2.19. The molecule has 3 aromatic carbocycles. The van der Waals surface area contributed by atoms with Crippen molar-refractivity contribution in [3.8, 4) is 34.1 Å². The van der Waals surface area contributed by atoms with Gasteiger partial charge in [-0.15, -0.1) is 5.10 Å². The van der Waals surface area contributed by atoms with Crippen LogP contribution in [0.25, 0.3) is 22.6 Å². The molecule has 0 spiro atoms. The van der Waals surface area contributed by atoms with Crippen LogP contribution in [-0.4, -0.2) is 42.4 Å². The normalized spacial score (nSPS) is 12.3. The van der Waals surface area contributed by atoms with Gasteiger partial charge in [-0.05, 0) is 59.5 Å². The molecule has 0 saturated carbocycles. The molecule has 0 unspecified atom stereocenters. The number of ether oxygens (including phenoxy) is 2. The van der Waals surface area contributed by atoms with Gasteiger partial charge in [0.15, 0.2) is 11.5 Å². The molecule has 0 fully saturated rings. The first-order valence-corrected chi connectivity index (χ1v) is 12.2. The van der Waals surface area contributed by atoms with Crippen LogP contribution in [0.3, 0.4) is 0 Å². The molecule has 0 atom stereocenters. The molecular formula is C28H29N5O4. The predicted octanol–water partition coefficient (Wildman–Crippen LogP) is 4.45. The molecule has 190 valence electrons. The largest absolute Gasteiger partial charge is 0.486 e. The van der Waals surface area contributed by atoms with Crippen LogP contribution in [0.1, 0.15) is 18.1 Å². The van der Waals surface area contributed by atoms with Crippen LogP contribution >= 0.6 is 0 Å². The van der Waals surface area contributed by atoms with Crippen LogP contribution in [0.5, 0.6) is 11.5 Å². The van der Waals surface area contributed by atoms with E-state index in [1.54, 1.807) is 0 Å². The van der Waals surface area contributed by atoms with E-state index in [1.807, 2.05) is 61.5 Å². The molecule has 3 N–H and O–H groups in total. The number of rotatable bonds is 9. The Labute approximate surface area is 215 Å². The lowest BCUT2D eigenvalue weighted by atomic mass is 9.96. The lowest BCUT2D eigenvalue weighted by molar-refractivity contribution is -0.118. The van der Waals surface area contributed by atoms with Crippen molar-refractivity contribution in [1.29, 1.82) is 0 Å². The standard InChI is InChI=1S/C28H29N5O4/c1-18-23(21-8-11-25-26(16-21)36-15-14-35-25)4-3-5-24(18)27-32-33-28(37-27)31-22-9-6-20(7-10-22)17-29-12-13-30-19(2)34/h3-11,16,29H,12-15,17H2,1-2H3,(H,30,34)(H,31,33). The summed E-state index contributed by atoms with van der Waals surface area (Å²) in [4.78, 5) is 10.9. The Bertz CT molecular complexity index is 1380. The highest BCUT2D eigenvalue weighted by Gasteiger charge is 2.17. The molecule has 9 heteroatoms. The monoisotopic (exact) mass is 499 g/mol. The van der Waals surface area contributed by atoms with Crippen molar-refractivity contribution < 1.29 is 18.7 Å². The minimum Gasteiger partial charge on any atom is -0.486 e. The van der Waals surface area contributed by atoms with Gasteiger partial charge in [-0.3, -0.25) is 4.79 Å². The SMILES string of the molecule is CC(=O)NCCNCc1ccc(Nc2nnc(-c3cccc(-c4ccc5c(c4)OCCO5)c3C)o2)cc1. The van der Waals surface area contributed by atoms with Crippen molar-refractivity contribution in [3.05, 3.63) is 71.8 Å². The van der Waals surface area contributed by atoms with E-state index in [9.17, 15) is 4.79 Å². The average molecular weight is 500 g/mol. The smallest absolute Gasteiger partial charge is 0.320 e. The number of aromatic nitrogens is 2. The van der Waals surface area contributed by atoms with Crippen LogP contribution in [0.15, 0.2) is 65.1 Å². The van der Waals surface area contributed by atoms with Gasteiger partial charge in [-0.2, -0.15) is 0 Å². The fourth-order valence-electron chi connectivity index (χ4n) is 4.16. The van der Waals surface area contributed by atoms with Gasteiger partial charge >= 0.3 is 6.01 Å². The molecule has 0 aliphatic carbocycles. The fourth-order valence-corrected chi connectivity index (χ4v) is 4.16. The third-order valence-corrected chi connectivity index (χ3v) is 6.05. The fraction of sp³-hybridized carbons (Fsp3) is 0.250. The summed E-state index contributed by atoms with van der Waals surface area (Å²) in [7, 11) is 0. The van der Waals surface area contributed by atoms with Gasteiger partial charge in [0, 0.05) is 37.8 Å². The first kappa shape index (κ1) is 24.3. The van der Waals surface area contributed by atoms with Crippen molar-refractivity contribution in [2.75, 3.05) is 31.6 Å². The lowest BCUT2D eigenvalue weighted by Crippen LogP contribution is -2.29. The minimum atomic E-state index is -0.0238. The second kappa shape index (κ2) is 11.1. The summed E-state index contributed by atoms with van der Waals surface area (Å²) < 4.78 is 17.4. The Morgan fingerprint density at radius 3 is 2.51 bits per heavy atom. The molecule has 1 aliphatic rings. The van der Waals surface area contributed by atoms with Crippen molar-refractivity contribution in [2.45, 2.75) is 20.4 Å². The van der Waals surface area contributed by atoms with Crippen LogP contribution < -0.4 is 25.4 Å². The van der Waals surface area contributed by atoms with Crippen molar-refractivity contribution in [3.63, 3.8) is 0 Å². The third kappa shape index (κ3) is 5.90. The van der Waals surface area contributed by atoms with Gasteiger partial charge in [-0.25, -0.2) is 0 Å². The summed E-state index contributed by atoms with van der Waals surface area (Å²) in [5.74, 6) is 1.94. The van der Waals surface area contributed by atoms with E-state index in [-0.39, 0.29) is 5.91 Å². The molecule has 0 radical (unpaired) electrons. The number of anilines is 2. The second-order valence-corrected chi connectivity index (χ2v) is 8.73. The zero-order valence-corrected chi connectivity index (χ0v) is 20.8. The molecular weight excluding hydrogens is 470 g/mol. The molecule has 37 heavy (non-hydrogen) atoms. The molecule has 1 aliphatic heterocycles. The molecule has 0 saturated heterocycles. The molecule has 5 rings (SSSR count). The number of carbonyl (C=O) groups excluding carboxylic acids is 1. The summed E-state index contributed by atoms with van der Waals surface area (Å²) in [5.41, 5.74) is 5.97. The first-order chi connectivity index (χ1) is 18.1. The van der Waals surface area contributed by atoms with Gasteiger partial charge in [-0.1, -0.05) is 35.4 Å². The minimum absolute atomic E-state index is 0.0238. The van der Waals surface area contributed by atoms with Gasteiger partial charge in [0.25, 0.3) is 0 Å². The number of hydrogen-bond acceptors (Lipinski definition) is 8. The van der Waals surface area contributed by atoms with Crippen molar-refractivity contribution >= 4 is 17.6 Å². The zero-order chi connectivity index (χ0) is 25.6. The molecule has 1 aromatic heterocycles. The Balaban J connectivity index is 1.25. The first-order valence-electron chi connectivity index (χ1n) is 12.2. The highest BCUT2D eigenvalue weighted by Crippen LogP contribution is 2.37. The maximum atomic E-state index is 10.9. The van der Waals surface area contributed by atoms with Crippen LogP contribution in [-0.2, 0) is 11.3 Å². The summed E-state index contributed by atoms with van der Waals surface area (Å²) in [6.45, 7) is 6.69. The summed E-state index contributed by atoms with van der Waals surface area (Å²) in [5, 5.41) is 17.7. The predicted molar refractivity (Wildman–Crippen MR) is 141 cm³/mol. The van der Waals surface area contributed by atoms with E-state index in [1.165, 1.54) is 6.92 Å². The van der Waals surface area contributed by atoms with E-state index in [4.69, 9.17) is 13.9 Å². The summed E-state index contributed by atoms with van der Waals surface area (Å²) >= 11 is 0. The number of hydrogen-bond donors (Lipinski definition) is 3. The third-order valence-electron chi connectivity index (χ3n) is 6.05. The molecule has 1 amide bonds. The quantitative estimate of drug-likeness (QED) is 0.290. The van der Waals surface area contributed by atoms with E-state index < -0.39 is 0 Å². The van der Waals surface area contributed by atoms with Crippen LogP contribution in [0.4, 0.5) is 11.7 Å². The van der Waals surface area contributed by atoms with Crippen molar-refractivity contribution in [1.82, 2.24) is 20.8 Å². The Kier molecular flexibility index (Phi) is 7.32. The van der Waals surface area contributed by atoms with E-state index in [0.717, 1.165) is 45.0 Å². The zero-order valence-electron chi connectivity index (χ0n) is 20.8. The average Bonchev–Trinajstić information content (AvgIpc) is 3.37. The topological polar surface area (TPSA) is 111 Å². The highest BCUT2D eigenvalue weighted by molar-refractivity contribution is 5.77. The number of nitrogens with one attached hydrogen (secondary N) is 3. The number of nitrogens with zero attached hydrogens (tertiary/aromatic N) is 2. The Hall–Kier alpha value is -4.37. The van der Waals surface area contributed by atoms with Crippen molar-refractivity contribution in [2.24, 2.45) is 0 Å². The second-order valence-electron chi connectivity index (χ2n) is 8.73. The number of benzene rings is 3. The number of fused-ring (bicyclic) bond motifs is 1. The Morgan fingerprint density at radius 1 is 0.919 bits per heavy atom. The van der Waals surface area contributed by atoms with Crippen LogP contribution in [0, 0.1) is 6.92 Å². The van der Waals surface area contributed by atoms with Gasteiger partial charge < -0.3 is 29.8 Å². The number of carbonyl (C=O) groups is 1. The molecule has 2 heterocycles.